The Labute approximate surface area is 329 Å². The van der Waals surface area contributed by atoms with Crippen LogP contribution in [-0.2, 0) is 30.5 Å². The molecule has 0 spiro atoms. The second-order valence-corrected chi connectivity index (χ2v) is 20.5. The number of hydrogen-bond acceptors (Lipinski definition) is 8. The molecule has 0 aliphatic heterocycles. The van der Waals surface area contributed by atoms with Crippen molar-refractivity contribution < 1.29 is 29.0 Å². The first-order valence-electron chi connectivity index (χ1n) is 21.1. The highest BCUT2D eigenvalue weighted by Gasteiger charge is 2.66. The van der Waals surface area contributed by atoms with Crippen molar-refractivity contribution in [2.45, 2.75) is 139 Å². The van der Waals surface area contributed by atoms with Crippen LogP contribution in [-0.4, -0.2) is 81.8 Å². The fraction of sp³-hybridized carbons (Fsp3) is 0.778. The van der Waals surface area contributed by atoms with E-state index in [1.54, 1.807) is 32.3 Å². The van der Waals surface area contributed by atoms with E-state index in [-0.39, 0.29) is 46.0 Å². The number of aromatic nitrogens is 2. The number of fused-ring (bicyclic) bond motifs is 7. The van der Waals surface area contributed by atoms with Gasteiger partial charge in [0, 0.05) is 36.2 Å². The van der Waals surface area contributed by atoms with E-state index in [0.29, 0.717) is 61.3 Å². The quantitative estimate of drug-likeness (QED) is 0.213. The highest BCUT2D eigenvalue weighted by molar-refractivity contribution is 6.00. The summed E-state index contributed by atoms with van der Waals surface area (Å²) >= 11 is 0. The normalized spacial score (nSPS) is 34.1. The summed E-state index contributed by atoms with van der Waals surface area (Å²) < 4.78 is 6.17. The van der Waals surface area contributed by atoms with Crippen LogP contribution >= 0.6 is 0 Å². The molecule has 10 nitrogen and oxygen atoms in total. The van der Waals surface area contributed by atoms with E-state index < -0.39 is 17.4 Å². The van der Waals surface area contributed by atoms with Gasteiger partial charge in [-0.15, -0.1) is 0 Å². The average molecular weight is 761 g/mol. The Hall–Kier alpha value is -3.14. The second-order valence-electron chi connectivity index (χ2n) is 20.5. The molecule has 8 atom stereocenters. The molecule has 0 aromatic carbocycles. The van der Waals surface area contributed by atoms with Crippen molar-refractivity contribution in [1.29, 1.82) is 0 Å². The maximum atomic E-state index is 14.1. The summed E-state index contributed by atoms with van der Waals surface area (Å²) in [7, 11) is 3.83. The Bertz CT molecular complexity index is 1690. The minimum Gasteiger partial charge on any atom is -0.481 e. The van der Waals surface area contributed by atoms with Gasteiger partial charge in [-0.05, 0) is 138 Å². The molecule has 0 radical (unpaired) electrons. The molecule has 1 aromatic rings. The molecule has 1 N–H and O–H groups in total. The number of carboxylic acids is 1. The average Bonchev–Trinajstić information content (AvgIpc) is 3.40. The summed E-state index contributed by atoms with van der Waals surface area (Å²) in [6.07, 6.45) is 12.6. The number of likely N-dealkylation sites (N-methyl/N-ethyl adjacent to an activating group) is 1. The van der Waals surface area contributed by atoms with Crippen LogP contribution < -0.4 is 0 Å². The molecule has 4 saturated carbocycles. The molecule has 4 fully saturated rings. The number of amides is 1. The summed E-state index contributed by atoms with van der Waals surface area (Å²) in [6.45, 7) is 18.4. The Kier molecular flexibility index (Phi) is 11.3. The van der Waals surface area contributed by atoms with E-state index in [4.69, 9.17) is 4.74 Å². The summed E-state index contributed by atoms with van der Waals surface area (Å²) in [5.74, 6) is 1.52. The predicted octanol–water partition coefficient (Wildman–Crippen LogP) is 7.76. The zero-order valence-corrected chi connectivity index (χ0v) is 35.4. The number of hydrogen-bond donors (Lipinski definition) is 1. The summed E-state index contributed by atoms with van der Waals surface area (Å²) in [4.78, 5) is 65.3. The minimum atomic E-state index is -1.16. The monoisotopic (exact) mass is 761 g/mol. The number of allylic oxidation sites excluding steroid dienone is 2. The Morgan fingerprint density at radius 3 is 2.25 bits per heavy atom. The van der Waals surface area contributed by atoms with Gasteiger partial charge in [-0.3, -0.25) is 19.2 Å². The lowest BCUT2D eigenvalue weighted by Gasteiger charge is -2.69. The van der Waals surface area contributed by atoms with Gasteiger partial charge in [0.25, 0.3) is 0 Å². The van der Waals surface area contributed by atoms with E-state index in [1.165, 1.54) is 5.57 Å². The highest BCUT2D eigenvalue weighted by Crippen LogP contribution is 2.73. The summed E-state index contributed by atoms with van der Waals surface area (Å²) in [6, 6.07) is 1.79. The van der Waals surface area contributed by atoms with E-state index in [1.807, 2.05) is 23.9 Å². The number of carbonyl (C=O) groups excluding carboxylic acids is 3. The third-order valence-corrected chi connectivity index (χ3v) is 15.7. The first-order valence-corrected chi connectivity index (χ1v) is 21.1. The van der Waals surface area contributed by atoms with E-state index >= 15 is 0 Å². The summed E-state index contributed by atoms with van der Waals surface area (Å²) in [5.41, 5.74) is 1.10. The molecule has 0 saturated heterocycles. The lowest BCUT2D eigenvalue weighted by molar-refractivity contribution is -0.214. The zero-order chi connectivity index (χ0) is 40.3. The number of carboxylic acid groups (broad SMARTS) is 1. The number of carbonyl (C=O) groups is 4. The third kappa shape index (κ3) is 7.43. The van der Waals surface area contributed by atoms with Crippen LogP contribution in [0.2, 0.25) is 0 Å². The lowest BCUT2D eigenvalue weighted by atomic mass is 9.36. The van der Waals surface area contributed by atoms with Gasteiger partial charge in [0.05, 0.1) is 24.9 Å². The van der Waals surface area contributed by atoms with Crippen molar-refractivity contribution in [3.63, 3.8) is 0 Å². The van der Waals surface area contributed by atoms with Gasteiger partial charge in [0.15, 0.2) is 5.78 Å². The predicted molar refractivity (Wildman–Crippen MR) is 211 cm³/mol. The van der Waals surface area contributed by atoms with Gasteiger partial charge in [0.2, 0.25) is 5.91 Å². The van der Waals surface area contributed by atoms with Crippen molar-refractivity contribution in [3.05, 3.63) is 35.4 Å². The SMILES string of the molecule is CC(C)C1=C2C3CCC4C(C)(CCC5C(C)(C)C(OC(=O)CC(C)(C)C(=O)O)CCC54C)C3CCC2(CCN(Cc2ncccn2)C(=O)CN(C)C)CC1=O. The van der Waals surface area contributed by atoms with Crippen LogP contribution in [0, 0.1) is 56.7 Å². The van der Waals surface area contributed by atoms with Gasteiger partial charge in [-0.25, -0.2) is 9.97 Å². The number of esters is 1. The molecule has 1 amide bonds. The van der Waals surface area contributed by atoms with Gasteiger partial charge < -0.3 is 19.6 Å². The largest absolute Gasteiger partial charge is 0.481 e. The number of Topliss-reactive ketones (excluding diaryl/α,β-unsaturated/α-hetero) is 1. The first kappa shape index (κ1) is 41.5. The molecule has 5 aliphatic carbocycles. The second kappa shape index (κ2) is 15.0. The molecular weight excluding hydrogens is 693 g/mol. The first-order chi connectivity index (χ1) is 25.7. The van der Waals surface area contributed by atoms with E-state index in [0.717, 1.165) is 63.4 Å². The van der Waals surface area contributed by atoms with Gasteiger partial charge >= 0.3 is 11.9 Å². The minimum absolute atomic E-state index is 0.0519. The van der Waals surface area contributed by atoms with Crippen LogP contribution in [0.4, 0.5) is 0 Å². The maximum Gasteiger partial charge on any atom is 0.309 e. The highest BCUT2D eigenvalue weighted by atomic mass is 16.5. The molecule has 5 aliphatic rings. The van der Waals surface area contributed by atoms with Crippen LogP contribution in [0.5, 0.6) is 0 Å². The summed E-state index contributed by atoms with van der Waals surface area (Å²) in [5, 5.41) is 9.62. The van der Waals surface area contributed by atoms with Crippen molar-refractivity contribution in [1.82, 2.24) is 19.8 Å². The number of aliphatic carboxylic acids is 1. The molecule has 6 rings (SSSR count). The van der Waals surface area contributed by atoms with Crippen molar-refractivity contribution in [2.24, 2.45) is 56.7 Å². The smallest absolute Gasteiger partial charge is 0.309 e. The van der Waals surface area contributed by atoms with Gasteiger partial charge in [-0.1, -0.05) is 47.1 Å². The topological polar surface area (TPSA) is 130 Å². The standard InChI is InChI=1S/C45H68N4O6/c1-28(2)38-31(50)24-45(20-23-49(36(51)27-48(9)10)26-35-46-21-11-22-47-35)19-14-30-29(39(38)45)12-13-33-43(30,7)17-15-32-42(5,6)34(16-18-44(32,33)8)55-37(52)25-41(3,4)40(53)54/h11,21-22,28-30,32-34H,12-20,23-27H2,1-10H3,(H,53,54). The van der Waals surface area contributed by atoms with Crippen molar-refractivity contribution in [2.75, 3.05) is 27.2 Å². The van der Waals surface area contributed by atoms with Gasteiger partial charge in [0.1, 0.15) is 11.9 Å². The lowest BCUT2D eigenvalue weighted by Crippen LogP contribution is -2.63. The molecular formula is C45H68N4O6. The molecule has 10 heteroatoms. The number of ketones is 1. The van der Waals surface area contributed by atoms with Crippen molar-refractivity contribution >= 4 is 23.6 Å². The van der Waals surface area contributed by atoms with Crippen LogP contribution in [0.25, 0.3) is 0 Å². The number of rotatable bonds is 12. The fourth-order valence-electron chi connectivity index (χ4n) is 13.2. The number of nitrogens with zero attached hydrogens (tertiary/aromatic N) is 4. The molecule has 1 aromatic heterocycles. The Morgan fingerprint density at radius 1 is 0.945 bits per heavy atom. The molecule has 1 heterocycles. The number of ether oxygens (including phenoxy) is 1. The maximum absolute atomic E-state index is 14.1. The molecule has 8 unspecified atom stereocenters. The third-order valence-electron chi connectivity index (χ3n) is 15.7. The van der Waals surface area contributed by atoms with Crippen LogP contribution in [0.15, 0.2) is 29.6 Å². The van der Waals surface area contributed by atoms with Crippen LogP contribution in [0.1, 0.15) is 132 Å². The van der Waals surface area contributed by atoms with E-state index in [9.17, 15) is 24.3 Å². The zero-order valence-electron chi connectivity index (χ0n) is 35.4. The Balaban J connectivity index is 1.25. The van der Waals surface area contributed by atoms with Crippen molar-refractivity contribution in [3.8, 4) is 0 Å². The molecule has 55 heavy (non-hydrogen) atoms. The Morgan fingerprint density at radius 2 is 1.62 bits per heavy atom. The van der Waals surface area contributed by atoms with Crippen LogP contribution in [0.3, 0.4) is 0 Å². The van der Waals surface area contributed by atoms with E-state index in [2.05, 4.69) is 51.5 Å². The molecule has 0 bridgehead atoms. The molecule has 304 valence electrons. The fourth-order valence-corrected chi connectivity index (χ4v) is 13.2. The van der Waals surface area contributed by atoms with Gasteiger partial charge in [-0.2, -0.15) is 0 Å².